The van der Waals surface area contributed by atoms with E-state index in [2.05, 4.69) is 0 Å². The number of hydrogen-bond acceptors (Lipinski definition) is 0. The van der Waals surface area contributed by atoms with E-state index in [0.29, 0.717) is 36.8 Å². The summed E-state index contributed by atoms with van der Waals surface area (Å²) < 4.78 is 70.5. The van der Waals surface area contributed by atoms with Crippen LogP contribution >= 0.6 is 0 Å². The topological polar surface area (TPSA) is 0 Å². The summed E-state index contributed by atoms with van der Waals surface area (Å²) in [6, 6.07) is 9.59. The van der Waals surface area contributed by atoms with Crippen LogP contribution in [0.1, 0.15) is 47.9 Å². The molecule has 1 atom stereocenters. The van der Waals surface area contributed by atoms with Gasteiger partial charge in [-0.1, -0.05) is 31.5 Å². The molecule has 0 amide bonds. The fourth-order valence-electron chi connectivity index (χ4n) is 4.31. The Bertz CT molecular complexity index is 1100. The lowest BCUT2D eigenvalue weighted by Gasteiger charge is -2.26. The molecule has 30 heavy (non-hydrogen) atoms. The Morgan fingerprint density at radius 3 is 2.33 bits per heavy atom. The van der Waals surface area contributed by atoms with Crippen molar-refractivity contribution in [3.8, 4) is 11.1 Å². The zero-order valence-electron chi connectivity index (χ0n) is 16.5. The molecular weight excluding hydrogens is 395 g/mol. The van der Waals surface area contributed by atoms with E-state index in [-0.39, 0.29) is 17.0 Å². The molecule has 0 bridgehead atoms. The Hall–Kier alpha value is -2.69. The van der Waals surface area contributed by atoms with E-state index in [1.165, 1.54) is 12.1 Å². The highest BCUT2D eigenvalue weighted by Gasteiger charge is 2.26. The molecule has 156 valence electrons. The normalized spacial score (nSPS) is 15.9. The van der Waals surface area contributed by atoms with E-state index < -0.39 is 29.1 Å². The van der Waals surface area contributed by atoms with Crippen LogP contribution in [0.25, 0.3) is 11.1 Å². The summed E-state index contributed by atoms with van der Waals surface area (Å²) in [5, 5.41) is 0. The summed E-state index contributed by atoms with van der Waals surface area (Å²) in [5.41, 5.74) is 2.77. The first-order valence-electron chi connectivity index (χ1n) is 10.1. The second kappa shape index (κ2) is 8.21. The van der Waals surface area contributed by atoms with Crippen LogP contribution in [-0.4, -0.2) is 0 Å². The van der Waals surface area contributed by atoms with Crippen LogP contribution in [0.5, 0.6) is 0 Å². The predicted octanol–water partition coefficient (Wildman–Crippen LogP) is 7.27. The summed E-state index contributed by atoms with van der Waals surface area (Å²) >= 11 is 0. The van der Waals surface area contributed by atoms with Crippen LogP contribution in [0.3, 0.4) is 0 Å². The average Bonchev–Trinajstić information content (AvgIpc) is 2.73. The molecule has 1 aliphatic rings. The van der Waals surface area contributed by atoms with Gasteiger partial charge in [-0.2, -0.15) is 0 Å². The van der Waals surface area contributed by atoms with Crippen LogP contribution in [0.2, 0.25) is 0 Å². The van der Waals surface area contributed by atoms with E-state index in [0.717, 1.165) is 29.7 Å². The van der Waals surface area contributed by atoms with Gasteiger partial charge in [0, 0.05) is 5.56 Å². The van der Waals surface area contributed by atoms with Crippen molar-refractivity contribution in [1.29, 1.82) is 0 Å². The van der Waals surface area contributed by atoms with E-state index in [1.807, 2.05) is 6.92 Å². The molecule has 1 unspecified atom stereocenters. The number of fused-ring (bicyclic) bond motifs is 1. The molecule has 0 N–H and O–H groups in total. The van der Waals surface area contributed by atoms with Crippen molar-refractivity contribution in [3.63, 3.8) is 0 Å². The summed E-state index contributed by atoms with van der Waals surface area (Å²) in [6.07, 6.45) is 2.77. The van der Waals surface area contributed by atoms with Crippen molar-refractivity contribution < 1.29 is 22.0 Å². The molecule has 0 spiro atoms. The fraction of sp³-hybridized carbons (Fsp3) is 0.280. The number of aryl methyl sites for hydroxylation is 2. The Morgan fingerprint density at radius 1 is 0.800 bits per heavy atom. The molecule has 3 aromatic carbocycles. The first-order chi connectivity index (χ1) is 14.4. The zero-order valence-corrected chi connectivity index (χ0v) is 16.5. The van der Waals surface area contributed by atoms with Gasteiger partial charge in [0.25, 0.3) is 0 Å². The van der Waals surface area contributed by atoms with Crippen LogP contribution in [0.15, 0.2) is 42.5 Å². The molecule has 0 saturated carbocycles. The van der Waals surface area contributed by atoms with Crippen LogP contribution in [0, 0.1) is 29.1 Å². The van der Waals surface area contributed by atoms with Gasteiger partial charge in [0.15, 0.2) is 23.3 Å². The molecule has 0 fully saturated rings. The molecule has 3 aromatic rings. The SMILES string of the molecule is CCCc1ccc(C2CCc3cc(-c4ccc(F)c(F)c4)c(F)cc3C2)c(F)c1F. The standard InChI is InChI=1S/C25H21F5/c1-2-3-14-6-8-19(25(30)24(14)29)16-5-4-15-11-20(22(27)13-18(15)10-16)17-7-9-21(26)23(28)12-17/h6-9,11-13,16H,2-5,10H2,1H3. The summed E-state index contributed by atoms with van der Waals surface area (Å²) in [7, 11) is 0. The van der Waals surface area contributed by atoms with Crippen molar-refractivity contribution in [2.75, 3.05) is 0 Å². The number of rotatable bonds is 4. The maximum Gasteiger partial charge on any atom is 0.162 e. The Kier molecular flexibility index (Phi) is 5.63. The maximum atomic E-state index is 14.8. The monoisotopic (exact) mass is 416 g/mol. The van der Waals surface area contributed by atoms with Gasteiger partial charge in [0.2, 0.25) is 0 Å². The third-order valence-electron chi connectivity index (χ3n) is 5.90. The van der Waals surface area contributed by atoms with Gasteiger partial charge in [0.1, 0.15) is 5.82 Å². The Balaban J connectivity index is 1.64. The lowest BCUT2D eigenvalue weighted by atomic mass is 9.78. The highest BCUT2D eigenvalue weighted by Crippen LogP contribution is 2.38. The zero-order chi connectivity index (χ0) is 21.4. The quantitative estimate of drug-likeness (QED) is 0.392. The van der Waals surface area contributed by atoms with Gasteiger partial charge in [-0.05, 0) is 83.7 Å². The van der Waals surface area contributed by atoms with E-state index >= 15 is 0 Å². The molecule has 0 heterocycles. The summed E-state index contributed by atoms with van der Waals surface area (Å²) in [5.74, 6) is -4.41. The Labute approximate surface area is 172 Å². The second-order valence-corrected chi connectivity index (χ2v) is 7.86. The largest absolute Gasteiger partial charge is 0.206 e. The van der Waals surface area contributed by atoms with Crippen molar-refractivity contribution >= 4 is 0 Å². The minimum Gasteiger partial charge on any atom is -0.206 e. The highest BCUT2D eigenvalue weighted by molar-refractivity contribution is 5.66. The highest BCUT2D eigenvalue weighted by atomic mass is 19.2. The molecule has 0 aromatic heterocycles. The van der Waals surface area contributed by atoms with Crippen LogP contribution < -0.4 is 0 Å². The minimum absolute atomic E-state index is 0.201. The second-order valence-electron chi connectivity index (χ2n) is 7.86. The molecular formula is C25H21F5. The third kappa shape index (κ3) is 3.73. The molecule has 0 saturated heterocycles. The van der Waals surface area contributed by atoms with Crippen molar-refractivity contribution in [2.24, 2.45) is 0 Å². The predicted molar refractivity (Wildman–Crippen MR) is 107 cm³/mol. The first-order valence-corrected chi connectivity index (χ1v) is 10.1. The van der Waals surface area contributed by atoms with Crippen molar-refractivity contribution in [1.82, 2.24) is 0 Å². The smallest absolute Gasteiger partial charge is 0.162 e. The summed E-state index contributed by atoms with van der Waals surface area (Å²) in [6.45, 7) is 1.91. The van der Waals surface area contributed by atoms with E-state index in [1.54, 1.807) is 18.2 Å². The maximum absolute atomic E-state index is 14.8. The minimum atomic E-state index is -1.03. The van der Waals surface area contributed by atoms with Gasteiger partial charge in [0.05, 0.1) is 0 Å². The molecule has 5 heteroatoms. The number of hydrogen-bond donors (Lipinski definition) is 0. The first kappa shape index (κ1) is 20.6. The molecule has 0 aliphatic heterocycles. The van der Waals surface area contributed by atoms with E-state index in [4.69, 9.17) is 0 Å². The average molecular weight is 416 g/mol. The molecule has 0 radical (unpaired) electrons. The van der Waals surface area contributed by atoms with Gasteiger partial charge in [-0.25, -0.2) is 22.0 Å². The van der Waals surface area contributed by atoms with Crippen molar-refractivity contribution in [3.05, 3.63) is 93.8 Å². The van der Waals surface area contributed by atoms with Gasteiger partial charge < -0.3 is 0 Å². The number of benzene rings is 3. The molecule has 1 aliphatic carbocycles. The molecule has 0 nitrogen and oxygen atoms in total. The van der Waals surface area contributed by atoms with Crippen molar-refractivity contribution in [2.45, 2.75) is 44.9 Å². The lowest BCUT2D eigenvalue weighted by molar-refractivity contribution is 0.466. The van der Waals surface area contributed by atoms with Gasteiger partial charge in [-0.3, -0.25) is 0 Å². The van der Waals surface area contributed by atoms with Gasteiger partial charge in [-0.15, -0.1) is 0 Å². The van der Waals surface area contributed by atoms with Crippen LogP contribution in [0.4, 0.5) is 22.0 Å². The van der Waals surface area contributed by atoms with Crippen LogP contribution in [-0.2, 0) is 19.3 Å². The van der Waals surface area contributed by atoms with E-state index in [9.17, 15) is 22.0 Å². The lowest BCUT2D eigenvalue weighted by Crippen LogP contribution is -2.16. The molecule has 4 rings (SSSR count). The third-order valence-corrected chi connectivity index (χ3v) is 5.90. The summed E-state index contributed by atoms with van der Waals surface area (Å²) in [4.78, 5) is 0. The number of halogens is 5. The Morgan fingerprint density at radius 2 is 1.60 bits per heavy atom. The fourth-order valence-corrected chi connectivity index (χ4v) is 4.31. The van der Waals surface area contributed by atoms with Gasteiger partial charge >= 0.3 is 0 Å².